The molecule has 6 aromatic rings. The highest BCUT2D eigenvalue weighted by molar-refractivity contribution is 7.85. The van der Waals surface area contributed by atoms with E-state index in [4.69, 9.17) is 58.0 Å². The highest BCUT2D eigenvalue weighted by Crippen LogP contribution is 2.49. The number of amides is 5. The third kappa shape index (κ3) is 18.7. The van der Waals surface area contributed by atoms with Crippen LogP contribution in [0.2, 0.25) is 20.1 Å². The van der Waals surface area contributed by atoms with Crippen molar-refractivity contribution in [1.29, 1.82) is 0 Å². The second-order valence-corrected chi connectivity index (χ2v) is 31.8. The van der Waals surface area contributed by atoms with E-state index in [1.807, 2.05) is 113 Å². The van der Waals surface area contributed by atoms with Crippen LogP contribution in [0.25, 0.3) is 0 Å². The Bertz CT molecular complexity index is 3870. The first kappa shape index (κ1) is 82.6. The smallest absolute Gasteiger partial charge is 0.316 e. The second kappa shape index (κ2) is 36.2. The van der Waals surface area contributed by atoms with Gasteiger partial charge in [0.15, 0.2) is 0 Å². The van der Waals surface area contributed by atoms with E-state index in [2.05, 4.69) is 45.4 Å². The van der Waals surface area contributed by atoms with Gasteiger partial charge in [-0.15, -0.1) is 0 Å². The van der Waals surface area contributed by atoms with Crippen molar-refractivity contribution in [2.75, 3.05) is 104 Å². The number of nitrogens with one attached hydrogen (secondary N) is 1. The van der Waals surface area contributed by atoms with Crippen molar-refractivity contribution < 1.29 is 37.2 Å². The molecule has 2 spiro atoms. The van der Waals surface area contributed by atoms with Crippen LogP contribution in [0.15, 0.2) is 146 Å². The van der Waals surface area contributed by atoms with Gasteiger partial charge in [0.25, 0.3) is 0 Å². The molecule has 6 aromatic carbocycles. The number of hydrogen-bond donors (Lipinski definition) is 1. The van der Waals surface area contributed by atoms with Crippen LogP contribution in [0.4, 0.5) is 11.4 Å². The number of carbonyl (C=O) groups is 6. The Kier molecular flexibility index (Phi) is 30.2. The molecule has 5 amide bonds. The summed E-state index contributed by atoms with van der Waals surface area (Å²) in [6.07, 6.45) is 4.53. The number of piperidine rings is 2. The lowest BCUT2D eigenvalue weighted by Crippen LogP contribution is -2.59. The number of hydrogen-bond acceptors (Lipinski definition) is 11. The molecule has 536 valence electrons. The van der Waals surface area contributed by atoms with Crippen molar-refractivity contribution in [1.82, 2.24) is 29.8 Å². The number of fused-ring (bicyclic) bond motifs is 4. The maximum Gasteiger partial charge on any atom is 0.316 e. The number of rotatable bonds is 19. The molecule has 0 aromatic heterocycles. The molecule has 16 nitrogen and oxygen atoms in total. The fourth-order valence-electron chi connectivity index (χ4n) is 14.0. The predicted molar refractivity (Wildman–Crippen MR) is 415 cm³/mol. The summed E-state index contributed by atoms with van der Waals surface area (Å²) in [6, 6.07) is 45.5. The molecule has 0 saturated carbocycles. The predicted octanol–water partition coefficient (Wildman–Crippen LogP) is 12.9. The molecule has 99 heavy (non-hydrogen) atoms. The lowest BCUT2D eigenvalue weighted by Gasteiger charge is -2.47. The van der Waals surface area contributed by atoms with Crippen LogP contribution in [0, 0.1) is 11.8 Å². The maximum atomic E-state index is 14.2. The SMILES string of the molecule is CC(C)C(=O)N(C)C[C@](CCN1CCC2(CC1)c1ccccc1CS2=O)(c1ccc(Cl)c(Cl)c1)N(C)C(=O)C(=O)N(C)c1ccccc1.CN(C(=O)C(=O)Cl)c1ccccc1.CN[C@](CCN1CCC2(CC1)c1ccccc1CS2=O)(CN(C)C(=O)C(C)C)c1ccc(Cl)c(Cl)c1.S.S. The minimum atomic E-state index is -1.14. The quantitative estimate of drug-likeness (QED) is 0.0604. The van der Waals surface area contributed by atoms with E-state index in [1.165, 1.54) is 44.0 Å². The van der Waals surface area contributed by atoms with Gasteiger partial charge in [0.2, 0.25) is 11.8 Å². The number of likely N-dealkylation sites (tertiary alicyclic amines) is 2. The summed E-state index contributed by atoms with van der Waals surface area (Å²) in [4.78, 5) is 88.0. The zero-order valence-electron chi connectivity index (χ0n) is 57.9. The van der Waals surface area contributed by atoms with E-state index < -0.39 is 55.6 Å². The minimum absolute atomic E-state index is 0. The molecule has 1 N–H and O–H groups in total. The summed E-state index contributed by atoms with van der Waals surface area (Å²) in [6.45, 7) is 12.9. The van der Waals surface area contributed by atoms with Crippen molar-refractivity contribution in [3.8, 4) is 0 Å². The zero-order valence-corrected chi connectivity index (χ0v) is 65.3. The summed E-state index contributed by atoms with van der Waals surface area (Å²) >= 11 is 30.6. The van der Waals surface area contributed by atoms with E-state index in [0.29, 0.717) is 68.0 Å². The van der Waals surface area contributed by atoms with Crippen LogP contribution in [0.1, 0.15) is 99.6 Å². The summed E-state index contributed by atoms with van der Waals surface area (Å²) in [5.41, 5.74) is 6.20. The fraction of sp³-hybridized carbons (Fsp3) is 0.432. The van der Waals surface area contributed by atoms with Gasteiger partial charge in [-0.05, 0) is 165 Å². The molecule has 4 heterocycles. The van der Waals surface area contributed by atoms with E-state index in [0.717, 1.165) is 70.4 Å². The fourth-order valence-corrected chi connectivity index (χ4v) is 18.5. The number of nitrogens with zero attached hydrogens (tertiary/aromatic N) is 7. The Morgan fingerprint density at radius 3 is 1.30 bits per heavy atom. The number of likely N-dealkylation sites (N-methyl/N-ethyl adjacent to an activating group) is 6. The third-order valence-electron chi connectivity index (χ3n) is 19.8. The van der Waals surface area contributed by atoms with Crippen molar-refractivity contribution >= 4 is 153 Å². The molecule has 2 saturated heterocycles. The number of benzene rings is 6. The van der Waals surface area contributed by atoms with Crippen LogP contribution in [-0.2, 0) is 82.4 Å². The highest BCUT2D eigenvalue weighted by atomic mass is 35.5. The van der Waals surface area contributed by atoms with Crippen LogP contribution >= 0.6 is 85.0 Å². The molecule has 10 rings (SSSR count). The molecule has 0 radical (unpaired) electrons. The van der Waals surface area contributed by atoms with Crippen LogP contribution < -0.4 is 15.1 Å². The van der Waals surface area contributed by atoms with Gasteiger partial charge in [-0.3, -0.25) is 37.2 Å². The van der Waals surface area contributed by atoms with E-state index in [1.54, 1.807) is 74.6 Å². The molecule has 4 atom stereocenters. The average Bonchev–Trinajstić information content (AvgIpc) is 1.61. The van der Waals surface area contributed by atoms with Crippen molar-refractivity contribution in [3.63, 3.8) is 0 Å². The number of para-hydroxylation sites is 2. The molecule has 0 bridgehead atoms. The molecular formula is C74H93Cl5N8O8S4. The summed E-state index contributed by atoms with van der Waals surface area (Å²) in [5, 5.41) is 4.26. The number of halogens is 5. The average molecular weight is 1530 g/mol. The van der Waals surface area contributed by atoms with Crippen LogP contribution in [0.5, 0.6) is 0 Å². The number of anilines is 2. The van der Waals surface area contributed by atoms with Crippen LogP contribution in [0.3, 0.4) is 0 Å². The van der Waals surface area contributed by atoms with Gasteiger partial charge in [-0.2, -0.15) is 27.0 Å². The van der Waals surface area contributed by atoms with Crippen molar-refractivity contribution in [2.24, 2.45) is 11.8 Å². The largest absolute Gasteiger partial charge is 0.343 e. The molecule has 4 aliphatic heterocycles. The number of carbonyl (C=O) groups excluding carboxylic acids is 6. The Balaban J connectivity index is 0.000000266. The summed E-state index contributed by atoms with van der Waals surface area (Å²) < 4.78 is 26.1. The molecule has 4 aliphatic rings. The lowest BCUT2D eigenvalue weighted by molar-refractivity contribution is -0.150. The molecule has 2 fully saturated rings. The zero-order chi connectivity index (χ0) is 70.7. The first-order valence-corrected chi connectivity index (χ1v) is 37.2. The van der Waals surface area contributed by atoms with Crippen molar-refractivity contribution in [3.05, 3.63) is 199 Å². The van der Waals surface area contributed by atoms with E-state index >= 15 is 0 Å². The lowest BCUT2D eigenvalue weighted by atomic mass is 9.82. The van der Waals surface area contributed by atoms with E-state index in [9.17, 15) is 37.2 Å². The Morgan fingerprint density at radius 2 is 0.889 bits per heavy atom. The Labute approximate surface area is 628 Å². The normalized spacial score (nSPS) is 17.7. The Hall–Kier alpha value is -5.33. The van der Waals surface area contributed by atoms with Gasteiger partial charge in [-0.1, -0.05) is 171 Å². The molecule has 2 unspecified atom stereocenters. The highest BCUT2D eigenvalue weighted by Gasteiger charge is 2.50. The Morgan fingerprint density at radius 1 is 0.505 bits per heavy atom. The minimum Gasteiger partial charge on any atom is -0.343 e. The summed E-state index contributed by atoms with van der Waals surface area (Å²) in [5.74, 6) is -1.21. The van der Waals surface area contributed by atoms with Crippen LogP contribution in [-0.4, -0.2) is 162 Å². The topological polar surface area (TPSA) is 171 Å². The summed E-state index contributed by atoms with van der Waals surface area (Å²) in [7, 11) is 8.38. The van der Waals surface area contributed by atoms with Gasteiger partial charge in [-0.25, -0.2) is 0 Å². The van der Waals surface area contributed by atoms with E-state index in [-0.39, 0.29) is 66.7 Å². The first-order chi connectivity index (χ1) is 46.0. The van der Waals surface area contributed by atoms with Crippen molar-refractivity contribution in [2.45, 2.75) is 98.3 Å². The second-order valence-electron chi connectivity index (χ2n) is 26.3. The third-order valence-corrected chi connectivity index (χ3v) is 25.6. The first-order valence-electron chi connectivity index (χ1n) is 32.7. The molecule has 25 heteroatoms. The van der Waals surface area contributed by atoms with Gasteiger partial charge in [0.05, 0.1) is 40.7 Å². The van der Waals surface area contributed by atoms with Gasteiger partial charge < -0.3 is 39.6 Å². The molecular weight excluding hydrogens is 1430 g/mol. The monoisotopic (exact) mass is 1520 g/mol. The van der Waals surface area contributed by atoms with Gasteiger partial charge in [0, 0.05) is 118 Å². The van der Waals surface area contributed by atoms with Gasteiger partial charge in [0.1, 0.15) is 0 Å². The standard InChI is InChI=1S/C37H44Cl2N4O4S.C28H37Cl2N3O2S.C9H8ClNO2.2H2S/c1-26(2)33(44)40(3)25-36(28-15-16-31(38)32(39)23-28,42(5)35(46)34(45)41(4)29-12-7-6-8-13-29)17-20-43-21-18-37(19-22-43)30-14-10-9-11-27(30)24-48(37)47;1-20(2)26(34)32(4)19-27(31-3,22-9-10-24(29)25(30)17-22)11-14-33-15-12-28(13-16-33)23-8-6-5-7-21(23)18-36(28)35;1-11(9(13)8(10)12)7-5-3-2-4-6-7;;/h6-16,23,26H,17-22,24-25H2,1-5H3;5-10,17,20,31H,11-16,18-19H2,1-4H3;2-6H,1H3;2*1H2/t36-,48?;27-,36?;;;/m11.../s1. The van der Waals surface area contributed by atoms with Gasteiger partial charge >= 0.3 is 23.0 Å². The maximum absolute atomic E-state index is 14.2. The molecule has 0 aliphatic carbocycles.